The largest absolute Gasteiger partial charge is 0.468 e. The van der Waals surface area contributed by atoms with E-state index in [4.69, 9.17) is 4.42 Å². The zero-order chi connectivity index (χ0) is 10.7. The Labute approximate surface area is 88.7 Å². The predicted molar refractivity (Wildman–Crippen MR) is 57.3 cm³/mol. The molecule has 4 heteroatoms. The van der Waals surface area contributed by atoms with E-state index in [9.17, 15) is 0 Å². The number of aromatic nitrogens is 2. The van der Waals surface area contributed by atoms with Crippen molar-refractivity contribution in [3.63, 3.8) is 0 Å². The molecule has 2 rings (SSSR count). The number of hydrogen-bond acceptors (Lipinski definition) is 3. The highest BCUT2D eigenvalue weighted by molar-refractivity contribution is 5.16. The maximum atomic E-state index is 5.33. The smallest absolute Gasteiger partial charge is 0.120 e. The Balaban J connectivity index is 1.86. The molecule has 2 aromatic heterocycles. The van der Waals surface area contributed by atoms with E-state index in [1.165, 1.54) is 11.1 Å². The second-order valence-corrected chi connectivity index (χ2v) is 3.65. The first-order valence-electron chi connectivity index (χ1n) is 5.00. The van der Waals surface area contributed by atoms with E-state index in [0.717, 1.165) is 24.5 Å². The van der Waals surface area contributed by atoms with E-state index in [2.05, 4.69) is 15.5 Å². The number of H-pyrrole nitrogens is 1. The molecule has 0 saturated heterocycles. The molecule has 0 saturated carbocycles. The second-order valence-electron chi connectivity index (χ2n) is 3.65. The van der Waals surface area contributed by atoms with Crippen molar-refractivity contribution in [3.05, 3.63) is 41.1 Å². The van der Waals surface area contributed by atoms with Gasteiger partial charge in [0.05, 0.1) is 19.0 Å². The summed E-state index contributed by atoms with van der Waals surface area (Å²) in [4.78, 5) is 0. The van der Waals surface area contributed by atoms with Crippen molar-refractivity contribution in [1.82, 2.24) is 15.5 Å². The van der Waals surface area contributed by atoms with E-state index >= 15 is 0 Å². The lowest BCUT2D eigenvalue weighted by atomic mass is 10.2. The molecule has 4 nitrogen and oxygen atoms in total. The molecule has 0 aliphatic heterocycles. The summed E-state index contributed by atoms with van der Waals surface area (Å²) >= 11 is 0. The van der Waals surface area contributed by atoms with E-state index in [1.807, 2.05) is 26.1 Å². The molecule has 0 aliphatic carbocycles. The fraction of sp³-hybridized carbons (Fsp3) is 0.364. The summed E-state index contributed by atoms with van der Waals surface area (Å²) in [5, 5.41) is 10.2. The maximum Gasteiger partial charge on any atom is 0.120 e. The number of hydrogen-bond donors (Lipinski definition) is 2. The Morgan fingerprint density at radius 2 is 2.27 bits per heavy atom. The molecule has 2 N–H and O–H groups in total. The van der Waals surface area contributed by atoms with Gasteiger partial charge in [-0.3, -0.25) is 5.10 Å². The molecule has 2 heterocycles. The topological polar surface area (TPSA) is 53.9 Å². The van der Waals surface area contributed by atoms with Crippen LogP contribution in [0.25, 0.3) is 0 Å². The Bertz CT molecular complexity index is 390. The van der Waals surface area contributed by atoms with Crippen molar-refractivity contribution >= 4 is 0 Å². The zero-order valence-corrected chi connectivity index (χ0v) is 9.00. The van der Waals surface area contributed by atoms with Crippen LogP contribution in [0.3, 0.4) is 0 Å². The predicted octanol–water partition coefficient (Wildman–Crippen LogP) is 1.91. The molecule has 0 amide bonds. The molecule has 2 aromatic rings. The van der Waals surface area contributed by atoms with Crippen molar-refractivity contribution in [2.75, 3.05) is 0 Å². The summed E-state index contributed by atoms with van der Waals surface area (Å²) in [6, 6.07) is 1.97. The second kappa shape index (κ2) is 4.31. The van der Waals surface area contributed by atoms with Gasteiger partial charge in [-0.05, 0) is 25.5 Å². The minimum absolute atomic E-state index is 0.753. The third-order valence-electron chi connectivity index (χ3n) is 2.50. The Morgan fingerprint density at radius 1 is 1.40 bits per heavy atom. The highest BCUT2D eigenvalue weighted by Crippen LogP contribution is 2.08. The average Bonchev–Trinajstić information content (AvgIpc) is 2.78. The molecular weight excluding hydrogens is 190 g/mol. The van der Waals surface area contributed by atoms with Gasteiger partial charge in [0.25, 0.3) is 0 Å². The van der Waals surface area contributed by atoms with Crippen LogP contribution in [0.5, 0.6) is 0 Å². The third kappa shape index (κ3) is 2.27. The molecular formula is C11H15N3O. The first kappa shape index (κ1) is 9.98. The third-order valence-corrected chi connectivity index (χ3v) is 2.50. The molecule has 0 bridgehead atoms. The van der Waals surface area contributed by atoms with Crippen molar-refractivity contribution in [1.29, 1.82) is 0 Å². The standard InChI is InChI=1S/C11H15N3O/c1-8-3-4-15-11(8)7-12-5-10-6-13-14-9(10)2/h3-4,6,12H,5,7H2,1-2H3,(H,13,14). The highest BCUT2D eigenvalue weighted by Gasteiger charge is 2.02. The van der Waals surface area contributed by atoms with Gasteiger partial charge in [-0.25, -0.2) is 0 Å². The van der Waals surface area contributed by atoms with Gasteiger partial charge in [0, 0.05) is 17.8 Å². The molecule has 0 aromatic carbocycles. The van der Waals surface area contributed by atoms with E-state index < -0.39 is 0 Å². The normalized spacial score (nSPS) is 10.8. The van der Waals surface area contributed by atoms with Gasteiger partial charge in [-0.1, -0.05) is 0 Å². The summed E-state index contributed by atoms with van der Waals surface area (Å²) in [5.74, 6) is 0.996. The molecule has 0 spiro atoms. The highest BCUT2D eigenvalue weighted by atomic mass is 16.3. The van der Waals surface area contributed by atoms with Crippen LogP contribution in [-0.2, 0) is 13.1 Å². The van der Waals surface area contributed by atoms with Crippen LogP contribution in [0.2, 0.25) is 0 Å². The molecule has 0 aliphatic rings. The monoisotopic (exact) mass is 205 g/mol. The molecule has 0 radical (unpaired) electrons. The lowest BCUT2D eigenvalue weighted by Crippen LogP contribution is -2.13. The number of furan rings is 1. The van der Waals surface area contributed by atoms with Crippen LogP contribution in [0, 0.1) is 13.8 Å². The van der Waals surface area contributed by atoms with Crippen LogP contribution in [0.15, 0.2) is 22.9 Å². The van der Waals surface area contributed by atoms with Gasteiger partial charge in [-0.2, -0.15) is 5.10 Å². The van der Waals surface area contributed by atoms with Gasteiger partial charge < -0.3 is 9.73 Å². The SMILES string of the molecule is Cc1ccoc1CNCc1cn[nH]c1C. The van der Waals surface area contributed by atoms with Gasteiger partial charge in [-0.15, -0.1) is 0 Å². The summed E-state index contributed by atoms with van der Waals surface area (Å²) < 4.78 is 5.33. The van der Waals surface area contributed by atoms with Gasteiger partial charge in [0.1, 0.15) is 5.76 Å². The number of nitrogens with zero attached hydrogens (tertiary/aromatic N) is 1. The van der Waals surface area contributed by atoms with Crippen LogP contribution >= 0.6 is 0 Å². The van der Waals surface area contributed by atoms with Crippen molar-refractivity contribution in [2.24, 2.45) is 0 Å². The molecule has 80 valence electrons. The lowest BCUT2D eigenvalue weighted by Gasteiger charge is -2.02. The fourth-order valence-electron chi connectivity index (χ4n) is 1.45. The quantitative estimate of drug-likeness (QED) is 0.801. The molecule has 0 atom stereocenters. The summed E-state index contributed by atoms with van der Waals surface area (Å²) in [5.41, 5.74) is 3.49. The Kier molecular flexibility index (Phi) is 2.87. The minimum atomic E-state index is 0.753. The molecule has 0 fully saturated rings. The van der Waals surface area contributed by atoms with Gasteiger partial charge in [0.15, 0.2) is 0 Å². The van der Waals surface area contributed by atoms with E-state index in [-0.39, 0.29) is 0 Å². The summed E-state index contributed by atoms with van der Waals surface area (Å²) in [7, 11) is 0. The van der Waals surface area contributed by atoms with Crippen LogP contribution in [0.1, 0.15) is 22.6 Å². The van der Waals surface area contributed by atoms with Crippen LogP contribution in [0.4, 0.5) is 0 Å². The van der Waals surface area contributed by atoms with Gasteiger partial charge >= 0.3 is 0 Å². The van der Waals surface area contributed by atoms with E-state index in [1.54, 1.807) is 6.26 Å². The number of aryl methyl sites for hydroxylation is 2. The zero-order valence-electron chi connectivity index (χ0n) is 9.00. The fourth-order valence-corrected chi connectivity index (χ4v) is 1.45. The van der Waals surface area contributed by atoms with Crippen LogP contribution < -0.4 is 5.32 Å². The van der Waals surface area contributed by atoms with Crippen molar-refractivity contribution in [2.45, 2.75) is 26.9 Å². The number of nitrogens with one attached hydrogen (secondary N) is 2. The first-order valence-corrected chi connectivity index (χ1v) is 5.00. The maximum absolute atomic E-state index is 5.33. The Hall–Kier alpha value is -1.55. The van der Waals surface area contributed by atoms with Crippen molar-refractivity contribution in [3.8, 4) is 0 Å². The summed E-state index contributed by atoms with van der Waals surface area (Å²) in [6.07, 6.45) is 3.56. The van der Waals surface area contributed by atoms with Gasteiger partial charge in [0.2, 0.25) is 0 Å². The summed E-state index contributed by atoms with van der Waals surface area (Å²) in [6.45, 7) is 5.62. The number of rotatable bonds is 4. The van der Waals surface area contributed by atoms with E-state index in [0.29, 0.717) is 0 Å². The Morgan fingerprint density at radius 3 is 2.87 bits per heavy atom. The van der Waals surface area contributed by atoms with Crippen LogP contribution in [-0.4, -0.2) is 10.2 Å². The van der Waals surface area contributed by atoms with Crippen molar-refractivity contribution < 1.29 is 4.42 Å². The molecule has 15 heavy (non-hydrogen) atoms. The average molecular weight is 205 g/mol. The lowest BCUT2D eigenvalue weighted by molar-refractivity contribution is 0.480. The first-order chi connectivity index (χ1) is 7.27. The molecule has 0 unspecified atom stereocenters. The number of aromatic amines is 1. The minimum Gasteiger partial charge on any atom is -0.468 e.